The second-order valence-electron chi connectivity index (χ2n) is 6.64. The number of allylic oxidation sites excluding steroid dienone is 1. The first-order valence-corrected chi connectivity index (χ1v) is 8.63. The standard InChI is InChI=1S/C18H32O/c1-3-5-15-6-10-17(11-7-15)18-12-8-16(9-13-18)14-19-4-2/h14-15,17-18H,3-13H2,1-2H3. The van der Waals surface area contributed by atoms with E-state index in [2.05, 4.69) is 13.8 Å². The van der Waals surface area contributed by atoms with E-state index >= 15 is 0 Å². The zero-order chi connectivity index (χ0) is 13.5. The molecule has 0 atom stereocenters. The molecule has 0 spiro atoms. The maximum absolute atomic E-state index is 5.43. The minimum atomic E-state index is 0.814. The summed E-state index contributed by atoms with van der Waals surface area (Å²) in [7, 11) is 0. The summed E-state index contributed by atoms with van der Waals surface area (Å²) in [4.78, 5) is 0. The van der Waals surface area contributed by atoms with E-state index in [-0.39, 0.29) is 0 Å². The molecule has 0 N–H and O–H groups in total. The van der Waals surface area contributed by atoms with E-state index in [1.54, 1.807) is 5.57 Å². The lowest BCUT2D eigenvalue weighted by atomic mass is 9.70. The Morgan fingerprint density at radius 3 is 2.16 bits per heavy atom. The summed E-state index contributed by atoms with van der Waals surface area (Å²) in [6, 6.07) is 0. The predicted molar refractivity (Wildman–Crippen MR) is 82.0 cm³/mol. The van der Waals surface area contributed by atoms with E-state index in [1.165, 1.54) is 64.2 Å². The van der Waals surface area contributed by atoms with Crippen LogP contribution in [0.3, 0.4) is 0 Å². The van der Waals surface area contributed by atoms with Gasteiger partial charge >= 0.3 is 0 Å². The summed E-state index contributed by atoms with van der Waals surface area (Å²) in [5.74, 6) is 3.11. The molecule has 0 saturated heterocycles. The topological polar surface area (TPSA) is 9.23 Å². The highest BCUT2D eigenvalue weighted by molar-refractivity contribution is 5.02. The Bertz CT molecular complexity index is 263. The van der Waals surface area contributed by atoms with Gasteiger partial charge in [0.2, 0.25) is 0 Å². The van der Waals surface area contributed by atoms with Crippen molar-refractivity contribution in [3.05, 3.63) is 11.8 Å². The number of hydrogen-bond acceptors (Lipinski definition) is 1. The molecule has 19 heavy (non-hydrogen) atoms. The van der Waals surface area contributed by atoms with Crippen LogP contribution in [0.1, 0.15) is 78.1 Å². The maximum atomic E-state index is 5.43. The van der Waals surface area contributed by atoms with Crippen molar-refractivity contribution >= 4 is 0 Å². The fourth-order valence-corrected chi connectivity index (χ4v) is 4.16. The molecule has 0 aromatic heterocycles. The van der Waals surface area contributed by atoms with Crippen LogP contribution in [0.2, 0.25) is 0 Å². The van der Waals surface area contributed by atoms with Gasteiger partial charge in [0, 0.05) is 0 Å². The third-order valence-corrected chi connectivity index (χ3v) is 5.34. The highest BCUT2D eigenvalue weighted by Crippen LogP contribution is 2.41. The first-order chi connectivity index (χ1) is 9.33. The summed E-state index contributed by atoms with van der Waals surface area (Å²) in [6.45, 7) is 5.21. The molecule has 2 saturated carbocycles. The van der Waals surface area contributed by atoms with Gasteiger partial charge in [-0.05, 0) is 68.8 Å². The molecule has 2 aliphatic rings. The van der Waals surface area contributed by atoms with Crippen LogP contribution in [-0.4, -0.2) is 6.61 Å². The Morgan fingerprint density at radius 2 is 1.58 bits per heavy atom. The smallest absolute Gasteiger partial charge is 0.0845 e. The Morgan fingerprint density at radius 1 is 0.947 bits per heavy atom. The van der Waals surface area contributed by atoms with Gasteiger partial charge in [-0.1, -0.05) is 32.6 Å². The molecule has 2 fully saturated rings. The summed E-state index contributed by atoms with van der Waals surface area (Å²) in [5, 5.41) is 0. The van der Waals surface area contributed by atoms with Crippen molar-refractivity contribution < 1.29 is 4.74 Å². The van der Waals surface area contributed by atoms with Gasteiger partial charge in [0.05, 0.1) is 12.9 Å². The van der Waals surface area contributed by atoms with Gasteiger partial charge in [0.1, 0.15) is 0 Å². The van der Waals surface area contributed by atoms with E-state index < -0.39 is 0 Å². The Labute approximate surface area is 119 Å². The van der Waals surface area contributed by atoms with Crippen molar-refractivity contribution in [2.24, 2.45) is 17.8 Å². The van der Waals surface area contributed by atoms with Crippen LogP contribution in [0.5, 0.6) is 0 Å². The fraction of sp³-hybridized carbons (Fsp3) is 0.889. The highest BCUT2D eigenvalue weighted by Gasteiger charge is 2.29. The second kappa shape index (κ2) is 7.97. The van der Waals surface area contributed by atoms with E-state index in [0.29, 0.717) is 0 Å². The molecule has 1 heteroatoms. The lowest BCUT2D eigenvalue weighted by Crippen LogP contribution is -2.24. The Kier molecular flexibility index (Phi) is 6.26. The van der Waals surface area contributed by atoms with Gasteiger partial charge in [-0.3, -0.25) is 0 Å². The molecule has 0 amide bonds. The number of ether oxygens (including phenoxy) is 1. The van der Waals surface area contributed by atoms with Crippen molar-refractivity contribution in [2.45, 2.75) is 78.1 Å². The van der Waals surface area contributed by atoms with Crippen LogP contribution in [0.4, 0.5) is 0 Å². The largest absolute Gasteiger partial charge is 0.502 e. The molecule has 1 nitrogen and oxygen atoms in total. The van der Waals surface area contributed by atoms with Gasteiger partial charge in [0.25, 0.3) is 0 Å². The van der Waals surface area contributed by atoms with E-state index in [9.17, 15) is 0 Å². The number of hydrogen-bond donors (Lipinski definition) is 0. The third kappa shape index (κ3) is 4.54. The SMILES string of the molecule is CCCC1CCC(C2CCC(=COCC)CC2)CC1. The summed E-state index contributed by atoms with van der Waals surface area (Å²) < 4.78 is 5.43. The fourth-order valence-electron chi connectivity index (χ4n) is 4.16. The molecule has 2 rings (SSSR count). The predicted octanol–water partition coefficient (Wildman–Crippen LogP) is 5.70. The van der Waals surface area contributed by atoms with Gasteiger partial charge < -0.3 is 4.74 Å². The summed E-state index contributed by atoms with van der Waals surface area (Å²) in [5.41, 5.74) is 1.55. The normalized spacial score (nSPS) is 32.1. The molecule has 2 aliphatic carbocycles. The third-order valence-electron chi connectivity index (χ3n) is 5.34. The van der Waals surface area contributed by atoms with E-state index in [4.69, 9.17) is 4.74 Å². The van der Waals surface area contributed by atoms with Crippen LogP contribution in [0.15, 0.2) is 11.8 Å². The minimum absolute atomic E-state index is 0.814. The zero-order valence-corrected chi connectivity index (χ0v) is 13.0. The van der Waals surface area contributed by atoms with Gasteiger partial charge in [-0.25, -0.2) is 0 Å². The average molecular weight is 264 g/mol. The van der Waals surface area contributed by atoms with Crippen molar-refractivity contribution in [3.63, 3.8) is 0 Å². The lowest BCUT2D eigenvalue weighted by molar-refractivity contribution is 0.171. The summed E-state index contributed by atoms with van der Waals surface area (Å²) in [6.07, 6.45) is 16.4. The van der Waals surface area contributed by atoms with Crippen LogP contribution in [0.25, 0.3) is 0 Å². The summed E-state index contributed by atoms with van der Waals surface area (Å²) >= 11 is 0. The minimum Gasteiger partial charge on any atom is -0.502 e. The molecule has 0 radical (unpaired) electrons. The maximum Gasteiger partial charge on any atom is 0.0845 e. The van der Waals surface area contributed by atoms with Crippen LogP contribution in [0, 0.1) is 17.8 Å². The quantitative estimate of drug-likeness (QED) is 0.578. The molecule has 0 bridgehead atoms. The van der Waals surface area contributed by atoms with E-state index in [0.717, 1.165) is 24.4 Å². The van der Waals surface area contributed by atoms with E-state index in [1.807, 2.05) is 6.26 Å². The molecular formula is C18H32O. The van der Waals surface area contributed by atoms with Gasteiger partial charge in [0.15, 0.2) is 0 Å². The van der Waals surface area contributed by atoms with Crippen molar-refractivity contribution in [1.29, 1.82) is 0 Å². The van der Waals surface area contributed by atoms with Crippen LogP contribution < -0.4 is 0 Å². The molecule has 0 aromatic rings. The first kappa shape index (κ1) is 14.9. The van der Waals surface area contributed by atoms with Crippen LogP contribution >= 0.6 is 0 Å². The molecule has 110 valence electrons. The van der Waals surface area contributed by atoms with Gasteiger partial charge in [-0.15, -0.1) is 0 Å². The van der Waals surface area contributed by atoms with Crippen molar-refractivity contribution in [2.75, 3.05) is 6.61 Å². The van der Waals surface area contributed by atoms with Crippen LogP contribution in [-0.2, 0) is 4.74 Å². The average Bonchev–Trinajstić information content (AvgIpc) is 2.47. The van der Waals surface area contributed by atoms with Gasteiger partial charge in [-0.2, -0.15) is 0 Å². The van der Waals surface area contributed by atoms with Crippen molar-refractivity contribution in [1.82, 2.24) is 0 Å². The second-order valence-corrected chi connectivity index (χ2v) is 6.64. The first-order valence-electron chi connectivity index (χ1n) is 8.63. The lowest BCUT2D eigenvalue weighted by Gasteiger charge is -2.36. The highest BCUT2D eigenvalue weighted by atomic mass is 16.5. The number of rotatable bonds is 5. The molecule has 0 heterocycles. The van der Waals surface area contributed by atoms with Crippen molar-refractivity contribution in [3.8, 4) is 0 Å². The Hall–Kier alpha value is -0.460. The molecule has 0 unspecified atom stereocenters. The molecule has 0 aliphatic heterocycles. The molecule has 0 aromatic carbocycles. The Balaban J connectivity index is 1.71. The zero-order valence-electron chi connectivity index (χ0n) is 13.0. The molecular weight excluding hydrogens is 232 g/mol. The monoisotopic (exact) mass is 264 g/mol.